The molecular formula is C28H29NO3. The summed E-state index contributed by atoms with van der Waals surface area (Å²) < 4.78 is 11.4. The molecule has 0 saturated carbocycles. The summed E-state index contributed by atoms with van der Waals surface area (Å²) in [5.41, 5.74) is 5.54. The zero-order chi connectivity index (χ0) is 22.7. The summed E-state index contributed by atoms with van der Waals surface area (Å²) in [5, 5.41) is 0.933. The van der Waals surface area contributed by atoms with Crippen LogP contribution in [0.15, 0.2) is 72.8 Å². The summed E-state index contributed by atoms with van der Waals surface area (Å²) >= 11 is 0. The maximum absolute atomic E-state index is 12.7. The van der Waals surface area contributed by atoms with Crippen LogP contribution in [0.1, 0.15) is 49.3 Å². The van der Waals surface area contributed by atoms with E-state index in [2.05, 4.69) is 50.0 Å². The summed E-state index contributed by atoms with van der Waals surface area (Å²) in [6, 6.07) is 24.3. The number of rotatable bonds is 6. The van der Waals surface area contributed by atoms with Crippen molar-refractivity contribution < 1.29 is 14.3 Å². The topological polar surface area (TPSA) is 51.3 Å². The number of hydrogen-bond donors (Lipinski definition) is 1. The minimum absolute atomic E-state index is 0.0567. The van der Waals surface area contributed by atoms with E-state index in [9.17, 15) is 4.79 Å². The fourth-order valence-electron chi connectivity index (χ4n) is 3.79. The molecule has 164 valence electrons. The predicted octanol–water partition coefficient (Wildman–Crippen LogP) is 6.89. The Bertz CT molecular complexity index is 1220. The van der Waals surface area contributed by atoms with Gasteiger partial charge in [-0.3, -0.25) is 0 Å². The average Bonchev–Trinajstić information content (AvgIpc) is 3.17. The molecule has 4 rings (SSSR count). The van der Waals surface area contributed by atoms with Crippen LogP contribution in [0.2, 0.25) is 0 Å². The maximum Gasteiger partial charge on any atom is 0.355 e. The monoisotopic (exact) mass is 427 g/mol. The lowest BCUT2D eigenvalue weighted by atomic mass is 9.86. The fourth-order valence-corrected chi connectivity index (χ4v) is 3.79. The molecule has 3 aromatic carbocycles. The first-order valence-corrected chi connectivity index (χ1v) is 11.0. The summed E-state index contributed by atoms with van der Waals surface area (Å²) in [5.74, 6) is 0.397. The van der Waals surface area contributed by atoms with Gasteiger partial charge in [0, 0.05) is 16.5 Å². The number of fused-ring (bicyclic) bond motifs is 1. The SMILES string of the molecule is CCOC(=O)c1[nH]c2ccc(OCc3ccccc3)cc2c1-c1ccc(C(C)(C)C)cc1. The number of esters is 1. The molecular weight excluding hydrogens is 398 g/mol. The minimum Gasteiger partial charge on any atom is -0.489 e. The first-order chi connectivity index (χ1) is 15.4. The third-order valence-electron chi connectivity index (χ3n) is 5.54. The Morgan fingerprint density at radius 2 is 1.66 bits per heavy atom. The Labute approximate surface area is 189 Å². The standard InChI is InChI=1S/C28H29NO3/c1-5-31-27(30)26-25(20-11-13-21(14-12-20)28(2,3)4)23-17-22(15-16-24(23)29-26)32-18-19-9-7-6-8-10-19/h6-17,29H,5,18H2,1-4H3. The highest BCUT2D eigenvalue weighted by Crippen LogP contribution is 2.36. The highest BCUT2D eigenvalue weighted by molar-refractivity contribution is 6.08. The highest BCUT2D eigenvalue weighted by atomic mass is 16.5. The van der Waals surface area contributed by atoms with Gasteiger partial charge in [-0.25, -0.2) is 4.79 Å². The molecule has 0 aliphatic heterocycles. The van der Waals surface area contributed by atoms with E-state index in [1.54, 1.807) is 0 Å². The molecule has 32 heavy (non-hydrogen) atoms. The van der Waals surface area contributed by atoms with Crippen LogP contribution < -0.4 is 4.74 Å². The van der Waals surface area contributed by atoms with Gasteiger partial charge in [0.25, 0.3) is 0 Å². The lowest BCUT2D eigenvalue weighted by Gasteiger charge is -2.19. The lowest BCUT2D eigenvalue weighted by Crippen LogP contribution is -2.10. The Morgan fingerprint density at radius 3 is 2.31 bits per heavy atom. The Balaban J connectivity index is 1.76. The molecule has 0 bridgehead atoms. The van der Waals surface area contributed by atoms with Crippen molar-refractivity contribution in [2.24, 2.45) is 0 Å². The van der Waals surface area contributed by atoms with Crippen molar-refractivity contribution in [1.29, 1.82) is 0 Å². The van der Waals surface area contributed by atoms with Gasteiger partial charge in [0.2, 0.25) is 0 Å². The number of H-pyrrole nitrogens is 1. The molecule has 0 radical (unpaired) electrons. The van der Waals surface area contributed by atoms with Crippen molar-refractivity contribution in [3.05, 3.63) is 89.6 Å². The van der Waals surface area contributed by atoms with Gasteiger partial charge in [-0.2, -0.15) is 0 Å². The summed E-state index contributed by atoms with van der Waals surface area (Å²) in [6.07, 6.45) is 0. The predicted molar refractivity (Wildman–Crippen MR) is 129 cm³/mol. The zero-order valence-electron chi connectivity index (χ0n) is 19.1. The molecule has 4 heteroatoms. The maximum atomic E-state index is 12.7. The van der Waals surface area contributed by atoms with Crippen LogP contribution in [-0.4, -0.2) is 17.6 Å². The van der Waals surface area contributed by atoms with Gasteiger partial charge >= 0.3 is 5.97 Å². The molecule has 1 N–H and O–H groups in total. The third-order valence-corrected chi connectivity index (χ3v) is 5.54. The molecule has 0 atom stereocenters. The molecule has 0 amide bonds. The number of benzene rings is 3. The van der Waals surface area contributed by atoms with Crippen LogP contribution in [-0.2, 0) is 16.8 Å². The molecule has 0 unspecified atom stereocenters. The van der Waals surface area contributed by atoms with Gasteiger partial charge in [0.05, 0.1) is 6.61 Å². The number of aromatic amines is 1. The van der Waals surface area contributed by atoms with E-state index in [1.165, 1.54) is 5.56 Å². The lowest BCUT2D eigenvalue weighted by molar-refractivity contribution is 0.0521. The molecule has 4 aromatic rings. The van der Waals surface area contributed by atoms with Crippen LogP contribution >= 0.6 is 0 Å². The number of aromatic nitrogens is 1. The summed E-state index contributed by atoms with van der Waals surface area (Å²) in [6.45, 7) is 9.18. The van der Waals surface area contributed by atoms with Gasteiger partial charge in [0.15, 0.2) is 0 Å². The van der Waals surface area contributed by atoms with E-state index >= 15 is 0 Å². The van der Waals surface area contributed by atoms with Crippen molar-refractivity contribution in [2.45, 2.75) is 39.7 Å². The zero-order valence-corrected chi connectivity index (χ0v) is 19.1. The summed E-state index contributed by atoms with van der Waals surface area (Å²) in [4.78, 5) is 16.0. The smallest absolute Gasteiger partial charge is 0.355 e. The number of hydrogen-bond acceptors (Lipinski definition) is 3. The molecule has 0 spiro atoms. The van der Waals surface area contributed by atoms with Crippen molar-refractivity contribution in [1.82, 2.24) is 4.98 Å². The third kappa shape index (κ3) is 4.54. The van der Waals surface area contributed by atoms with Gasteiger partial charge in [-0.1, -0.05) is 75.4 Å². The molecule has 0 aliphatic rings. The highest BCUT2D eigenvalue weighted by Gasteiger charge is 2.21. The molecule has 0 aliphatic carbocycles. The Kier molecular flexibility index (Phi) is 6.04. The summed E-state index contributed by atoms with van der Waals surface area (Å²) in [7, 11) is 0. The van der Waals surface area contributed by atoms with Gasteiger partial charge < -0.3 is 14.5 Å². The molecule has 0 saturated heterocycles. The van der Waals surface area contributed by atoms with Crippen molar-refractivity contribution >= 4 is 16.9 Å². The van der Waals surface area contributed by atoms with E-state index in [-0.39, 0.29) is 11.4 Å². The second-order valence-corrected chi connectivity index (χ2v) is 8.90. The largest absolute Gasteiger partial charge is 0.489 e. The van der Waals surface area contributed by atoms with Crippen LogP contribution in [0, 0.1) is 0 Å². The fraction of sp³-hybridized carbons (Fsp3) is 0.250. The van der Waals surface area contributed by atoms with E-state index in [0.717, 1.165) is 33.3 Å². The van der Waals surface area contributed by atoms with E-state index in [0.29, 0.717) is 18.9 Å². The molecule has 1 heterocycles. The quantitative estimate of drug-likeness (QED) is 0.341. The molecule has 1 aromatic heterocycles. The number of carbonyl (C=O) groups is 1. The van der Waals surface area contributed by atoms with Crippen molar-refractivity contribution in [3.8, 4) is 16.9 Å². The molecule has 0 fully saturated rings. The van der Waals surface area contributed by atoms with Gasteiger partial charge in [-0.05, 0) is 47.2 Å². The van der Waals surface area contributed by atoms with E-state index in [1.807, 2.05) is 55.5 Å². The van der Waals surface area contributed by atoms with Crippen LogP contribution in [0.4, 0.5) is 0 Å². The van der Waals surface area contributed by atoms with Gasteiger partial charge in [-0.15, -0.1) is 0 Å². The van der Waals surface area contributed by atoms with Crippen LogP contribution in [0.3, 0.4) is 0 Å². The van der Waals surface area contributed by atoms with Gasteiger partial charge in [0.1, 0.15) is 18.1 Å². The minimum atomic E-state index is -0.356. The number of carbonyl (C=O) groups excluding carboxylic acids is 1. The Morgan fingerprint density at radius 1 is 0.938 bits per heavy atom. The van der Waals surface area contributed by atoms with Crippen molar-refractivity contribution in [3.63, 3.8) is 0 Å². The molecule has 4 nitrogen and oxygen atoms in total. The number of nitrogens with one attached hydrogen (secondary N) is 1. The average molecular weight is 428 g/mol. The normalized spacial score (nSPS) is 11.5. The van der Waals surface area contributed by atoms with Crippen LogP contribution in [0.5, 0.6) is 5.75 Å². The van der Waals surface area contributed by atoms with E-state index in [4.69, 9.17) is 9.47 Å². The Hall–Kier alpha value is -3.53. The van der Waals surface area contributed by atoms with Crippen molar-refractivity contribution in [2.75, 3.05) is 6.61 Å². The first kappa shape index (κ1) is 21.7. The van der Waals surface area contributed by atoms with Crippen LogP contribution in [0.25, 0.3) is 22.0 Å². The first-order valence-electron chi connectivity index (χ1n) is 11.0. The second kappa shape index (κ2) is 8.91. The van der Waals surface area contributed by atoms with E-state index < -0.39 is 0 Å². The second-order valence-electron chi connectivity index (χ2n) is 8.90. The number of ether oxygens (including phenoxy) is 2.